The highest BCUT2D eigenvalue weighted by molar-refractivity contribution is 5.82. The van der Waals surface area contributed by atoms with E-state index in [0.29, 0.717) is 19.4 Å². The summed E-state index contributed by atoms with van der Waals surface area (Å²) in [5, 5.41) is 18.1. The molecule has 0 spiro atoms. The van der Waals surface area contributed by atoms with Gasteiger partial charge in [-0.2, -0.15) is 5.10 Å². The highest BCUT2D eigenvalue weighted by atomic mass is 16.5. The number of hydrogen-bond donors (Lipinski definition) is 3. The number of hydrogen-bond acceptors (Lipinski definition) is 4. The van der Waals surface area contributed by atoms with Crippen LogP contribution < -0.4 is 5.32 Å². The maximum atomic E-state index is 11.8. The molecule has 1 aromatic heterocycles. The summed E-state index contributed by atoms with van der Waals surface area (Å²) in [4.78, 5) is 22.5. The van der Waals surface area contributed by atoms with Gasteiger partial charge in [0.25, 0.3) is 0 Å². The van der Waals surface area contributed by atoms with Crippen molar-refractivity contribution in [1.29, 1.82) is 0 Å². The van der Waals surface area contributed by atoms with Crippen LogP contribution in [0.2, 0.25) is 0 Å². The molecule has 0 saturated carbocycles. The van der Waals surface area contributed by atoms with Crippen molar-refractivity contribution in [3.05, 3.63) is 17.5 Å². The third-order valence-electron chi connectivity index (χ3n) is 2.97. The summed E-state index contributed by atoms with van der Waals surface area (Å²) in [6.07, 6.45) is 0.922. The third kappa shape index (κ3) is 2.67. The molecule has 2 atom stereocenters. The molecular weight excluding hydrogens is 238 g/mol. The molecule has 1 aliphatic heterocycles. The van der Waals surface area contributed by atoms with Crippen molar-refractivity contribution in [1.82, 2.24) is 15.5 Å². The van der Waals surface area contributed by atoms with Gasteiger partial charge in [0.2, 0.25) is 5.91 Å². The van der Waals surface area contributed by atoms with E-state index in [0.717, 1.165) is 11.3 Å². The number of carboxylic acids is 1. The van der Waals surface area contributed by atoms with E-state index in [1.807, 2.05) is 6.92 Å². The minimum Gasteiger partial charge on any atom is -0.479 e. The molecule has 1 saturated heterocycles. The summed E-state index contributed by atoms with van der Waals surface area (Å²) < 4.78 is 5.15. The summed E-state index contributed by atoms with van der Waals surface area (Å²) in [7, 11) is 0. The Morgan fingerprint density at radius 2 is 2.28 bits per heavy atom. The molecule has 7 nitrogen and oxygen atoms in total. The van der Waals surface area contributed by atoms with Gasteiger partial charge in [0.05, 0.1) is 6.20 Å². The zero-order valence-electron chi connectivity index (χ0n) is 9.97. The Kier molecular flexibility index (Phi) is 3.61. The Balaban J connectivity index is 1.83. The van der Waals surface area contributed by atoms with Gasteiger partial charge in [-0.1, -0.05) is 0 Å². The van der Waals surface area contributed by atoms with Crippen molar-refractivity contribution < 1.29 is 19.4 Å². The van der Waals surface area contributed by atoms with Crippen LogP contribution in [0.5, 0.6) is 0 Å². The first kappa shape index (κ1) is 12.6. The predicted molar refractivity (Wildman–Crippen MR) is 60.7 cm³/mol. The lowest BCUT2D eigenvalue weighted by molar-refractivity contribution is -0.151. The number of amides is 1. The van der Waals surface area contributed by atoms with Gasteiger partial charge in [-0.25, -0.2) is 4.79 Å². The molecule has 1 fully saturated rings. The second-order valence-corrected chi connectivity index (χ2v) is 4.27. The number of nitrogens with one attached hydrogen (secondary N) is 2. The average molecular weight is 253 g/mol. The van der Waals surface area contributed by atoms with E-state index >= 15 is 0 Å². The number of carbonyl (C=O) groups excluding carboxylic acids is 1. The Hall–Kier alpha value is -1.89. The fraction of sp³-hybridized carbons (Fsp3) is 0.545. The van der Waals surface area contributed by atoms with Crippen LogP contribution in [0.25, 0.3) is 0 Å². The zero-order valence-corrected chi connectivity index (χ0v) is 9.97. The number of H-pyrrole nitrogens is 1. The standard InChI is InChI=1S/C11H15N3O4/c1-6-7(5-13-14-6)4-12-10(15)8-2-3-9(18-8)11(16)17/h5,8-9H,2-4H2,1H3,(H,12,15)(H,13,14)(H,16,17)/t8-,9+/m0/s1. The summed E-state index contributed by atoms with van der Waals surface area (Å²) in [6, 6.07) is 0. The van der Waals surface area contributed by atoms with Gasteiger partial charge < -0.3 is 15.2 Å². The maximum Gasteiger partial charge on any atom is 0.332 e. The van der Waals surface area contributed by atoms with Crippen LogP contribution in [-0.2, 0) is 20.9 Å². The number of carbonyl (C=O) groups is 2. The number of carboxylic acid groups (broad SMARTS) is 1. The van der Waals surface area contributed by atoms with Crippen molar-refractivity contribution in [2.75, 3.05) is 0 Å². The Bertz CT molecular complexity index is 457. The lowest BCUT2D eigenvalue weighted by atomic mass is 10.2. The highest BCUT2D eigenvalue weighted by Crippen LogP contribution is 2.20. The molecule has 0 aromatic carbocycles. The van der Waals surface area contributed by atoms with Gasteiger partial charge in [0, 0.05) is 17.8 Å². The highest BCUT2D eigenvalue weighted by Gasteiger charge is 2.34. The molecule has 98 valence electrons. The molecule has 18 heavy (non-hydrogen) atoms. The average Bonchev–Trinajstić information content (AvgIpc) is 2.94. The van der Waals surface area contributed by atoms with Crippen LogP contribution >= 0.6 is 0 Å². The van der Waals surface area contributed by atoms with E-state index in [4.69, 9.17) is 9.84 Å². The molecule has 2 heterocycles. The molecule has 1 aromatic rings. The third-order valence-corrected chi connectivity index (χ3v) is 2.97. The van der Waals surface area contributed by atoms with E-state index in [1.165, 1.54) is 0 Å². The Morgan fingerprint density at radius 3 is 2.83 bits per heavy atom. The van der Waals surface area contributed by atoms with Crippen LogP contribution in [0.1, 0.15) is 24.1 Å². The van der Waals surface area contributed by atoms with Crippen molar-refractivity contribution >= 4 is 11.9 Å². The summed E-state index contributed by atoms with van der Waals surface area (Å²) in [5.74, 6) is -1.30. The normalized spacial score (nSPS) is 22.9. The molecular formula is C11H15N3O4. The number of aromatic nitrogens is 2. The summed E-state index contributed by atoms with van der Waals surface area (Å²) in [5.41, 5.74) is 1.79. The Labute approximate surface area is 104 Å². The van der Waals surface area contributed by atoms with Gasteiger partial charge in [-0.3, -0.25) is 9.89 Å². The van der Waals surface area contributed by atoms with Crippen molar-refractivity contribution in [3.8, 4) is 0 Å². The van der Waals surface area contributed by atoms with Crippen molar-refractivity contribution in [3.63, 3.8) is 0 Å². The largest absolute Gasteiger partial charge is 0.479 e. The first-order valence-electron chi connectivity index (χ1n) is 5.72. The van der Waals surface area contributed by atoms with E-state index in [9.17, 15) is 9.59 Å². The SMILES string of the molecule is Cc1[nH]ncc1CNC(=O)[C@@H]1CC[C@H](C(=O)O)O1. The van der Waals surface area contributed by atoms with Gasteiger partial charge in [-0.15, -0.1) is 0 Å². The number of rotatable bonds is 4. The molecule has 7 heteroatoms. The number of aromatic amines is 1. The number of aliphatic carboxylic acids is 1. The summed E-state index contributed by atoms with van der Waals surface area (Å²) >= 11 is 0. The lowest BCUT2D eigenvalue weighted by Gasteiger charge is -2.11. The second-order valence-electron chi connectivity index (χ2n) is 4.27. The fourth-order valence-electron chi connectivity index (χ4n) is 1.86. The summed E-state index contributed by atoms with van der Waals surface area (Å²) in [6.45, 7) is 2.22. The van der Waals surface area contributed by atoms with Crippen LogP contribution in [0.4, 0.5) is 0 Å². The molecule has 0 radical (unpaired) electrons. The number of ether oxygens (including phenoxy) is 1. The first-order chi connectivity index (χ1) is 8.58. The van der Waals surface area contributed by atoms with Gasteiger partial charge >= 0.3 is 5.97 Å². The van der Waals surface area contributed by atoms with E-state index in [1.54, 1.807) is 6.20 Å². The zero-order chi connectivity index (χ0) is 13.1. The maximum absolute atomic E-state index is 11.8. The van der Waals surface area contributed by atoms with Crippen molar-refractivity contribution in [2.45, 2.75) is 38.5 Å². The Morgan fingerprint density at radius 1 is 1.56 bits per heavy atom. The molecule has 1 aliphatic rings. The quantitative estimate of drug-likeness (QED) is 0.698. The fourth-order valence-corrected chi connectivity index (χ4v) is 1.86. The van der Waals surface area contributed by atoms with Crippen LogP contribution in [0, 0.1) is 6.92 Å². The van der Waals surface area contributed by atoms with Gasteiger partial charge in [-0.05, 0) is 19.8 Å². The topological polar surface area (TPSA) is 104 Å². The number of aryl methyl sites for hydroxylation is 1. The molecule has 1 amide bonds. The van der Waals surface area contributed by atoms with E-state index in [2.05, 4.69) is 15.5 Å². The van der Waals surface area contributed by atoms with Crippen LogP contribution in [-0.4, -0.2) is 39.4 Å². The van der Waals surface area contributed by atoms with E-state index < -0.39 is 18.2 Å². The van der Waals surface area contributed by atoms with Crippen LogP contribution in [0.15, 0.2) is 6.20 Å². The molecule has 3 N–H and O–H groups in total. The molecule has 0 unspecified atom stereocenters. The molecule has 0 bridgehead atoms. The minimum absolute atomic E-state index is 0.278. The number of nitrogens with zero attached hydrogens (tertiary/aromatic N) is 1. The molecule has 2 rings (SSSR count). The monoisotopic (exact) mass is 253 g/mol. The first-order valence-corrected chi connectivity index (χ1v) is 5.72. The smallest absolute Gasteiger partial charge is 0.332 e. The van der Waals surface area contributed by atoms with Crippen LogP contribution in [0.3, 0.4) is 0 Å². The minimum atomic E-state index is -1.02. The van der Waals surface area contributed by atoms with Gasteiger partial charge in [0.1, 0.15) is 6.10 Å². The molecule has 0 aliphatic carbocycles. The van der Waals surface area contributed by atoms with Gasteiger partial charge in [0.15, 0.2) is 6.10 Å². The second kappa shape index (κ2) is 5.18. The lowest BCUT2D eigenvalue weighted by Crippen LogP contribution is -2.35. The van der Waals surface area contributed by atoms with Crippen molar-refractivity contribution in [2.24, 2.45) is 0 Å². The van der Waals surface area contributed by atoms with E-state index in [-0.39, 0.29) is 5.91 Å². The predicted octanol–water partition coefficient (Wildman–Crippen LogP) is -0.0335.